The second-order valence-electron chi connectivity index (χ2n) is 6.64. The number of rotatable bonds is 6. The number of carbonyl (C=O) groups excluding carboxylic acids is 1. The Morgan fingerprint density at radius 1 is 1.19 bits per heavy atom. The highest BCUT2D eigenvalue weighted by Gasteiger charge is 2.16. The second-order valence-corrected chi connectivity index (χ2v) is 7.42. The molecule has 0 unspecified atom stereocenters. The molecule has 140 valence electrons. The Labute approximate surface area is 162 Å². The van der Waals surface area contributed by atoms with Gasteiger partial charge in [-0.2, -0.15) is 16.3 Å². The maximum Gasteiger partial charge on any atom is 0.227 e. The summed E-state index contributed by atoms with van der Waals surface area (Å²) in [5, 5.41) is 11.0. The van der Waals surface area contributed by atoms with Crippen LogP contribution in [0.1, 0.15) is 31.6 Å². The van der Waals surface area contributed by atoms with Crippen LogP contribution in [0.4, 0.5) is 11.4 Å². The van der Waals surface area contributed by atoms with Crippen molar-refractivity contribution in [3.63, 3.8) is 0 Å². The van der Waals surface area contributed by atoms with E-state index in [0.29, 0.717) is 24.6 Å². The molecule has 1 amide bonds. The first-order chi connectivity index (χ1) is 13.3. The summed E-state index contributed by atoms with van der Waals surface area (Å²) in [5.74, 6) is 1.01. The number of benzene rings is 1. The number of piperidine rings is 1. The van der Waals surface area contributed by atoms with Crippen molar-refractivity contribution in [2.75, 3.05) is 23.3 Å². The molecule has 3 aromatic rings. The molecule has 1 aromatic carbocycles. The Bertz CT molecular complexity index is 885. The largest absolute Gasteiger partial charge is 0.370 e. The third-order valence-electron chi connectivity index (χ3n) is 4.69. The molecule has 1 saturated heterocycles. The first kappa shape index (κ1) is 17.7. The van der Waals surface area contributed by atoms with Gasteiger partial charge in [-0.05, 0) is 42.8 Å². The van der Waals surface area contributed by atoms with Crippen LogP contribution in [-0.4, -0.2) is 29.1 Å². The first-order valence-electron chi connectivity index (χ1n) is 9.28. The third-order valence-corrected chi connectivity index (χ3v) is 5.37. The molecule has 27 heavy (non-hydrogen) atoms. The van der Waals surface area contributed by atoms with Crippen LogP contribution >= 0.6 is 11.3 Å². The molecule has 0 saturated carbocycles. The number of amides is 1. The van der Waals surface area contributed by atoms with E-state index in [2.05, 4.69) is 26.4 Å². The number of hydrogen-bond donors (Lipinski definition) is 1. The Morgan fingerprint density at radius 2 is 2.04 bits per heavy atom. The van der Waals surface area contributed by atoms with Crippen LogP contribution in [0.15, 0.2) is 45.6 Å². The summed E-state index contributed by atoms with van der Waals surface area (Å²) in [5.41, 5.74) is 2.91. The minimum Gasteiger partial charge on any atom is -0.370 e. The summed E-state index contributed by atoms with van der Waals surface area (Å²) in [6.45, 7) is 2.08. The van der Waals surface area contributed by atoms with Gasteiger partial charge in [-0.3, -0.25) is 4.79 Å². The van der Waals surface area contributed by atoms with Crippen LogP contribution in [0.2, 0.25) is 0 Å². The predicted octanol–water partition coefficient (Wildman–Crippen LogP) is 4.36. The number of aryl methyl sites for hydroxylation is 1. The number of aromatic nitrogens is 2. The van der Waals surface area contributed by atoms with Crippen molar-refractivity contribution in [3.05, 3.63) is 47.0 Å². The minimum absolute atomic E-state index is 0.0465. The summed E-state index contributed by atoms with van der Waals surface area (Å²) < 4.78 is 5.26. The van der Waals surface area contributed by atoms with Crippen molar-refractivity contribution >= 4 is 28.6 Å². The average Bonchev–Trinajstić information content (AvgIpc) is 3.39. The lowest BCUT2D eigenvalue weighted by molar-refractivity contribution is -0.116. The minimum atomic E-state index is -0.0465. The number of nitrogens with one attached hydrogen (secondary N) is 1. The lowest BCUT2D eigenvalue weighted by atomic mass is 10.1. The second kappa shape index (κ2) is 8.35. The molecule has 0 aliphatic carbocycles. The van der Waals surface area contributed by atoms with E-state index in [9.17, 15) is 4.79 Å². The van der Waals surface area contributed by atoms with E-state index < -0.39 is 0 Å². The first-order valence-corrected chi connectivity index (χ1v) is 10.2. The molecular formula is C20H22N4O2S. The Morgan fingerprint density at radius 3 is 2.85 bits per heavy atom. The fourth-order valence-electron chi connectivity index (χ4n) is 3.29. The van der Waals surface area contributed by atoms with Gasteiger partial charge in [0.1, 0.15) is 0 Å². The lowest BCUT2D eigenvalue weighted by Gasteiger charge is -2.30. The molecule has 1 fully saturated rings. The monoisotopic (exact) mass is 382 g/mol. The van der Waals surface area contributed by atoms with E-state index in [0.717, 1.165) is 30.0 Å². The van der Waals surface area contributed by atoms with Gasteiger partial charge in [0.25, 0.3) is 0 Å². The maximum atomic E-state index is 12.4. The summed E-state index contributed by atoms with van der Waals surface area (Å²) in [7, 11) is 0. The molecule has 0 atom stereocenters. The highest BCUT2D eigenvalue weighted by atomic mass is 32.1. The highest BCUT2D eigenvalue weighted by molar-refractivity contribution is 7.08. The number of thiophene rings is 1. The van der Waals surface area contributed by atoms with Crippen LogP contribution in [0.25, 0.3) is 11.4 Å². The molecule has 1 aliphatic rings. The zero-order valence-corrected chi connectivity index (χ0v) is 15.9. The molecule has 1 N–H and O–H groups in total. The van der Waals surface area contributed by atoms with Gasteiger partial charge in [0.05, 0.1) is 11.4 Å². The normalized spacial score (nSPS) is 14.3. The van der Waals surface area contributed by atoms with Crippen molar-refractivity contribution in [2.45, 2.75) is 32.1 Å². The van der Waals surface area contributed by atoms with Gasteiger partial charge in [0, 0.05) is 36.9 Å². The molecular weight excluding hydrogens is 360 g/mol. The molecule has 0 bridgehead atoms. The molecule has 4 rings (SSSR count). The van der Waals surface area contributed by atoms with Crippen LogP contribution in [-0.2, 0) is 11.2 Å². The Balaban J connectivity index is 1.36. The zero-order valence-electron chi connectivity index (χ0n) is 15.1. The van der Waals surface area contributed by atoms with Crippen molar-refractivity contribution in [1.29, 1.82) is 0 Å². The third kappa shape index (κ3) is 4.36. The van der Waals surface area contributed by atoms with E-state index >= 15 is 0 Å². The fourth-order valence-corrected chi connectivity index (χ4v) is 3.92. The molecule has 2 aromatic heterocycles. The highest BCUT2D eigenvalue weighted by Crippen LogP contribution is 2.28. The van der Waals surface area contributed by atoms with E-state index in [4.69, 9.17) is 4.52 Å². The molecule has 7 heteroatoms. The number of anilines is 2. The smallest absolute Gasteiger partial charge is 0.227 e. The van der Waals surface area contributed by atoms with Gasteiger partial charge in [0.15, 0.2) is 0 Å². The molecule has 1 aliphatic heterocycles. The van der Waals surface area contributed by atoms with Gasteiger partial charge in [-0.25, -0.2) is 0 Å². The molecule has 6 nitrogen and oxygen atoms in total. The van der Waals surface area contributed by atoms with Crippen LogP contribution in [0.3, 0.4) is 0 Å². The number of para-hydroxylation sites is 2. The van der Waals surface area contributed by atoms with E-state index in [-0.39, 0.29) is 5.91 Å². The van der Waals surface area contributed by atoms with Crippen molar-refractivity contribution < 1.29 is 9.32 Å². The van der Waals surface area contributed by atoms with Gasteiger partial charge in [-0.1, -0.05) is 17.3 Å². The SMILES string of the molecule is O=C(CCc1nc(-c2ccsc2)no1)Nc1ccccc1N1CCCCC1. The average molecular weight is 382 g/mol. The van der Waals surface area contributed by atoms with Crippen LogP contribution in [0.5, 0.6) is 0 Å². The standard InChI is InChI=1S/C20H22N4O2S/c25-18(8-9-19-22-20(23-26-19)15-10-13-27-14-15)21-16-6-2-3-7-17(16)24-11-4-1-5-12-24/h2-3,6-7,10,13-14H,1,4-5,8-9,11-12H2,(H,21,25). The van der Waals surface area contributed by atoms with Gasteiger partial charge in [-0.15, -0.1) is 0 Å². The van der Waals surface area contributed by atoms with Crippen molar-refractivity contribution in [3.8, 4) is 11.4 Å². The topological polar surface area (TPSA) is 71.3 Å². The van der Waals surface area contributed by atoms with E-state index in [1.807, 2.05) is 35.0 Å². The summed E-state index contributed by atoms with van der Waals surface area (Å²) in [6, 6.07) is 9.96. The van der Waals surface area contributed by atoms with Crippen LogP contribution in [0, 0.1) is 0 Å². The van der Waals surface area contributed by atoms with Gasteiger partial charge in [0.2, 0.25) is 17.6 Å². The number of nitrogens with zero attached hydrogens (tertiary/aromatic N) is 3. The molecule has 0 radical (unpaired) electrons. The maximum absolute atomic E-state index is 12.4. The van der Waals surface area contributed by atoms with Crippen LogP contribution < -0.4 is 10.2 Å². The Hall–Kier alpha value is -2.67. The fraction of sp³-hybridized carbons (Fsp3) is 0.350. The summed E-state index contributed by atoms with van der Waals surface area (Å²) >= 11 is 1.59. The van der Waals surface area contributed by atoms with E-state index in [1.165, 1.54) is 19.3 Å². The van der Waals surface area contributed by atoms with Crippen molar-refractivity contribution in [1.82, 2.24) is 10.1 Å². The van der Waals surface area contributed by atoms with Gasteiger partial charge >= 0.3 is 0 Å². The van der Waals surface area contributed by atoms with E-state index in [1.54, 1.807) is 11.3 Å². The predicted molar refractivity (Wildman–Crippen MR) is 107 cm³/mol. The number of carbonyl (C=O) groups is 1. The Kier molecular flexibility index (Phi) is 5.48. The zero-order chi connectivity index (χ0) is 18.5. The number of hydrogen-bond acceptors (Lipinski definition) is 6. The lowest BCUT2D eigenvalue weighted by Crippen LogP contribution is -2.30. The quantitative estimate of drug-likeness (QED) is 0.686. The molecule has 3 heterocycles. The van der Waals surface area contributed by atoms with Crippen molar-refractivity contribution in [2.24, 2.45) is 0 Å². The van der Waals surface area contributed by atoms with Gasteiger partial charge < -0.3 is 14.7 Å². The summed E-state index contributed by atoms with van der Waals surface area (Å²) in [6.07, 6.45) is 4.41. The summed E-state index contributed by atoms with van der Waals surface area (Å²) in [4.78, 5) is 19.2. The molecule has 0 spiro atoms.